The zero-order chi connectivity index (χ0) is 14.2. The van der Waals surface area contributed by atoms with Crippen molar-refractivity contribution < 1.29 is 9.13 Å². The van der Waals surface area contributed by atoms with E-state index in [1.807, 2.05) is 48.5 Å². The highest BCUT2D eigenvalue weighted by Gasteiger charge is 2.41. The summed E-state index contributed by atoms with van der Waals surface area (Å²) in [4.78, 5) is 0. The molecule has 0 aliphatic heterocycles. The van der Waals surface area contributed by atoms with Crippen LogP contribution in [0.1, 0.15) is 16.7 Å². The molecule has 0 spiro atoms. The summed E-state index contributed by atoms with van der Waals surface area (Å²) in [5.74, 6) is 0.730. The van der Waals surface area contributed by atoms with Crippen LogP contribution in [0.15, 0.2) is 55.1 Å². The number of hydrogen-bond acceptors (Lipinski definition) is 1. The average Bonchev–Trinajstić information content (AvgIpc) is 2.71. The van der Waals surface area contributed by atoms with E-state index in [-0.39, 0.29) is 0 Å². The zero-order valence-electron chi connectivity index (χ0n) is 11.5. The third kappa shape index (κ3) is 2.01. The highest BCUT2D eigenvalue weighted by Crippen LogP contribution is 2.44. The Bertz CT molecular complexity index is 662. The summed E-state index contributed by atoms with van der Waals surface area (Å²) in [7, 11) is 1.61. The monoisotopic (exact) mass is 268 g/mol. The second-order valence-electron chi connectivity index (χ2n) is 5.27. The first-order valence-corrected chi connectivity index (χ1v) is 6.72. The average molecular weight is 268 g/mol. The van der Waals surface area contributed by atoms with Crippen LogP contribution >= 0.6 is 0 Å². The topological polar surface area (TPSA) is 9.23 Å². The van der Waals surface area contributed by atoms with Gasteiger partial charge in [-0.3, -0.25) is 0 Å². The lowest BCUT2D eigenvalue weighted by Crippen LogP contribution is -2.25. The molecule has 3 rings (SSSR count). The SMILES string of the molecule is C=C1c2ccccc2C[C@]1(F)Cc1ccccc1OC. The van der Waals surface area contributed by atoms with E-state index in [1.54, 1.807) is 7.11 Å². The molecule has 0 heterocycles. The molecule has 102 valence electrons. The van der Waals surface area contributed by atoms with Crippen LogP contribution in [0, 0.1) is 0 Å². The first kappa shape index (κ1) is 12.9. The fraction of sp³-hybridized carbons (Fsp3) is 0.222. The van der Waals surface area contributed by atoms with Crippen LogP contribution in [0.5, 0.6) is 5.75 Å². The molecule has 20 heavy (non-hydrogen) atoms. The maximum Gasteiger partial charge on any atom is 0.144 e. The molecule has 1 nitrogen and oxygen atoms in total. The van der Waals surface area contributed by atoms with Gasteiger partial charge in [0.05, 0.1) is 7.11 Å². The maximum absolute atomic E-state index is 15.3. The van der Waals surface area contributed by atoms with Crippen molar-refractivity contribution in [1.29, 1.82) is 0 Å². The molecular weight excluding hydrogens is 251 g/mol. The Morgan fingerprint density at radius 3 is 2.60 bits per heavy atom. The first-order chi connectivity index (χ1) is 9.64. The van der Waals surface area contributed by atoms with Gasteiger partial charge in [0, 0.05) is 12.8 Å². The molecule has 1 atom stereocenters. The van der Waals surface area contributed by atoms with Crippen molar-refractivity contribution in [2.75, 3.05) is 7.11 Å². The van der Waals surface area contributed by atoms with Crippen LogP contribution < -0.4 is 4.74 Å². The summed E-state index contributed by atoms with van der Waals surface area (Å²) in [5.41, 5.74) is 2.03. The molecule has 2 aromatic carbocycles. The third-order valence-electron chi connectivity index (χ3n) is 4.02. The Morgan fingerprint density at radius 2 is 1.85 bits per heavy atom. The van der Waals surface area contributed by atoms with Gasteiger partial charge >= 0.3 is 0 Å². The van der Waals surface area contributed by atoms with Gasteiger partial charge in [-0.25, -0.2) is 4.39 Å². The first-order valence-electron chi connectivity index (χ1n) is 6.72. The minimum atomic E-state index is -1.42. The van der Waals surface area contributed by atoms with Gasteiger partial charge in [0.15, 0.2) is 0 Å². The van der Waals surface area contributed by atoms with Crippen molar-refractivity contribution in [1.82, 2.24) is 0 Å². The third-order valence-corrected chi connectivity index (χ3v) is 4.02. The van der Waals surface area contributed by atoms with Crippen molar-refractivity contribution in [3.8, 4) is 5.75 Å². The summed E-state index contributed by atoms with van der Waals surface area (Å²) < 4.78 is 20.7. The Kier molecular flexibility index (Phi) is 3.09. The van der Waals surface area contributed by atoms with E-state index in [4.69, 9.17) is 4.74 Å². The highest BCUT2D eigenvalue weighted by molar-refractivity contribution is 5.78. The number of rotatable bonds is 3. The van der Waals surface area contributed by atoms with Gasteiger partial charge in [0.1, 0.15) is 11.4 Å². The Balaban J connectivity index is 1.94. The number of allylic oxidation sites excluding steroid dienone is 1. The molecule has 0 amide bonds. The highest BCUT2D eigenvalue weighted by atomic mass is 19.1. The number of ether oxygens (including phenoxy) is 1. The quantitative estimate of drug-likeness (QED) is 0.810. The normalized spacial score (nSPS) is 20.8. The van der Waals surface area contributed by atoms with Crippen LogP contribution in [0.4, 0.5) is 4.39 Å². The van der Waals surface area contributed by atoms with Crippen molar-refractivity contribution in [3.63, 3.8) is 0 Å². The molecule has 1 aliphatic rings. The van der Waals surface area contributed by atoms with Gasteiger partial charge in [-0.15, -0.1) is 0 Å². The van der Waals surface area contributed by atoms with Crippen LogP contribution in [0.3, 0.4) is 0 Å². The predicted octanol–water partition coefficient (Wildman–Crippen LogP) is 4.22. The van der Waals surface area contributed by atoms with E-state index in [9.17, 15) is 0 Å². The molecular formula is C18H17FO. The summed E-state index contributed by atoms with van der Waals surface area (Å²) >= 11 is 0. The number of fused-ring (bicyclic) bond motifs is 1. The van der Waals surface area contributed by atoms with E-state index < -0.39 is 5.67 Å². The van der Waals surface area contributed by atoms with Crippen LogP contribution in [-0.4, -0.2) is 12.8 Å². The summed E-state index contributed by atoms with van der Waals surface area (Å²) in [6.07, 6.45) is 0.685. The molecule has 2 heteroatoms. The fourth-order valence-electron chi connectivity index (χ4n) is 2.94. The molecule has 0 radical (unpaired) electrons. The molecule has 0 fully saturated rings. The summed E-state index contributed by atoms with van der Waals surface area (Å²) in [5, 5.41) is 0. The molecule has 1 aliphatic carbocycles. The number of methoxy groups -OCH3 is 1. The van der Waals surface area contributed by atoms with Gasteiger partial charge in [-0.05, 0) is 28.3 Å². The zero-order valence-corrected chi connectivity index (χ0v) is 11.5. The maximum atomic E-state index is 15.3. The standard InChI is InChI=1S/C18H17FO/c1-13-16-9-5-3-7-14(16)11-18(13,19)12-15-8-4-6-10-17(15)20-2/h3-10H,1,11-12H2,2H3/t18-/m0/s1. The molecule has 0 saturated carbocycles. The Morgan fingerprint density at radius 1 is 1.15 bits per heavy atom. The van der Waals surface area contributed by atoms with E-state index in [1.165, 1.54) is 0 Å². The van der Waals surface area contributed by atoms with E-state index >= 15 is 4.39 Å². The molecule has 0 bridgehead atoms. The van der Waals surface area contributed by atoms with Crippen LogP contribution in [0.25, 0.3) is 5.57 Å². The van der Waals surface area contributed by atoms with Gasteiger partial charge in [0.25, 0.3) is 0 Å². The molecule has 2 aromatic rings. The Labute approximate surface area is 118 Å². The number of alkyl halides is 1. The minimum Gasteiger partial charge on any atom is -0.496 e. The second kappa shape index (κ2) is 4.78. The number of halogens is 1. The summed E-state index contributed by atoms with van der Waals surface area (Å²) in [6, 6.07) is 15.4. The number of para-hydroxylation sites is 1. The van der Waals surface area contributed by atoms with Crippen molar-refractivity contribution in [2.45, 2.75) is 18.5 Å². The van der Waals surface area contributed by atoms with Crippen LogP contribution in [0.2, 0.25) is 0 Å². The molecule has 0 unspecified atom stereocenters. The summed E-state index contributed by atoms with van der Waals surface area (Å²) in [6.45, 7) is 3.98. The smallest absolute Gasteiger partial charge is 0.144 e. The minimum absolute atomic E-state index is 0.296. The van der Waals surface area contributed by atoms with Crippen molar-refractivity contribution >= 4 is 5.57 Å². The van der Waals surface area contributed by atoms with Gasteiger partial charge in [-0.2, -0.15) is 0 Å². The van der Waals surface area contributed by atoms with Gasteiger partial charge in [0.2, 0.25) is 0 Å². The number of hydrogen-bond donors (Lipinski definition) is 0. The van der Waals surface area contributed by atoms with E-state index in [0.29, 0.717) is 18.4 Å². The Hall–Kier alpha value is -2.09. The van der Waals surface area contributed by atoms with Gasteiger partial charge < -0.3 is 4.74 Å². The van der Waals surface area contributed by atoms with Crippen molar-refractivity contribution in [2.24, 2.45) is 0 Å². The van der Waals surface area contributed by atoms with Crippen LogP contribution in [-0.2, 0) is 12.8 Å². The lowest BCUT2D eigenvalue weighted by molar-refractivity contribution is 0.248. The fourth-order valence-corrected chi connectivity index (χ4v) is 2.94. The molecule has 0 aromatic heterocycles. The lowest BCUT2D eigenvalue weighted by Gasteiger charge is -2.22. The predicted molar refractivity (Wildman–Crippen MR) is 79.7 cm³/mol. The lowest BCUT2D eigenvalue weighted by atomic mass is 9.90. The van der Waals surface area contributed by atoms with Gasteiger partial charge in [-0.1, -0.05) is 49.0 Å². The van der Waals surface area contributed by atoms with E-state index in [0.717, 1.165) is 22.4 Å². The number of benzene rings is 2. The van der Waals surface area contributed by atoms with E-state index in [2.05, 4.69) is 6.58 Å². The molecule has 0 saturated heterocycles. The van der Waals surface area contributed by atoms with Crippen molar-refractivity contribution in [3.05, 3.63) is 71.8 Å². The second-order valence-corrected chi connectivity index (χ2v) is 5.27. The largest absolute Gasteiger partial charge is 0.496 e. The molecule has 0 N–H and O–H groups in total.